The Balaban J connectivity index is 1.69. The molecule has 0 spiro atoms. The lowest BCUT2D eigenvalue weighted by molar-refractivity contribution is -0.145. The van der Waals surface area contributed by atoms with Gasteiger partial charge in [-0.3, -0.25) is 9.59 Å². The lowest BCUT2D eigenvalue weighted by Gasteiger charge is -2.09. The summed E-state index contributed by atoms with van der Waals surface area (Å²) in [6.45, 7) is -0.297. The van der Waals surface area contributed by atoms with Crippen LogP contribution in [0.4, 0.5) is 0 Å². The van der Waals surface area contributed by atoms with Crippen LogP contribution in [0.1, 0.15) is 12.0 Å². The maximum atomic E-state index is 12.1. The van der Waals surface area contributed by atoms with Crippen molar-refractivity contribution in [3.8, 4) is 0 Å². The van der Waals surface area contributed by atoms with Gasteiger partial charge in [-0.15, -0.1) is 0 Å². The zero-order chi connectivity index (χ0) is 19.7. The first-order valence-electron chi connectivity index (χ1n) is 8.09. The highest BCUT2D eigenvalue weighted by Gasteiger charge is 2.17. The maximum Gasteiger partial charge on any atom is 0.325 e. The molecule has 0 saturated carbocycles. The summed E-state index contributed by atoms with van der Waals surface area (Å²) >= 11 is 5.86. The van der Waals surface area contributed by atoms with Gasteiger partial charge in [0.25, 0.3) is 0 Å². The van der Waals surface area contributed by atoms with Gasteiger partial charge in [0.15, 0.2) is 0 Å². The van der Waals surface area contributed by atoms with E-state index in [0.717, 1.165) is 5.56 Å². The summed E-state index contributed by atoms with van der Waals surface area (Å²) in [6.07, 6.45) is -0.129. The molecule has 144 valence electrons. The molecule has 0 aliphatic heterocycles. The molecule has 1 amide bonds. The average molecular weight is 411 g/mol. The van der Waals surface area contributed by atoms with Crippen LogP contribution in [0.5, 0.6) is 0 Å². The number of nitrogens with one attached hydrogen (secondary N) is 2. The number of sulfonamides is 1. The molecule has 27 heavy (non-hydrogen) atoms. The van der Waals surface area contributed by atoms with Crippen molar-refractivity contribution in [3.05, 3.63) is 65.2 Å². The van der Waals surface area contributed by atoms with Crippen LogP contribution in [0.15, 0.2) is 59.5 Å². The number of hydrogen-bond acceptors (Lipinski definition) is 5. The van der Waals surface area contributed by atoms with Crippen molar-refractivity contribution >= 4 is 33.5 Å². The SMILES string of the molecule is O=C(CCNS(=O)(=O)c1ccccc1Cl)NCC(=O)OCc1ccccc1. The van der Waals surface area contributed by atoms with E-state index in [1.165, 1.54) is 12.1 Å². The van der Waals surface area contributed by atoms with Crippen LogP contribution in [-0.4, -0.2) is 33.4 Å². The molecule has 0 aliphatic rings. The number of carbonyl (C=O) groups is 2. The molecule has 0 aliphatic carbocycles. The van der Waals surface area contributed by atoms with Crippen LogP contribution in [0, 0.1) is 0 Å². The molecule has 0 unspecified atom stereocenters. The molecule has 0 fully saturated rings. The Hall–Kier alpha value is -2.42. The summed E-state index contributed by atoms with van der Waals surface area (Å²) in [7, 11) is -3.81. The third-order valence-corrected chi connectivity index (χ3v) is 5.40. The second-order valence-electron chi connectivity index (χ2n) is 5.50. The van der Waals surface area contributed by atoms with Gasteiger partial charge in [-0.1, -0.05) is 54.1 Å². The third kappa shape index (κ3) is 7.01. The van der Waals surface area contributed by atoms with E-state index in [4.69, 9.17) is 16.3 Å². The fraction of sp³-hybridized carbons (Fsp3) is 0.222. The quantitative estimate of drug-likeness (QED) is 0.614. The summed E-state index contributed by atoms with van der Waals surface area (Å²) in [6, 6.07) is 15.1. The normalized spacial score (nSPS) is 11.0. The monoisotopic (exact) mass is 410 g/mol. The van der Waals surface area contributed by atoms with Gasteiger partial charge in [0, 0.05) is 13.0 Å². The first kappa shape index (κ1) is 20.9. The van der Waals surface area contributed by atoms with Gasteiger partial charge in [0.05, 0.1) is 5.02 Å². The smallest absolute Gasteiger partial charge is 0.325 e. The van der Waals surface area contributed by atoms with E-state index in [9.17, 15) is 18.0 Å². The fourth-order valence-electron chi connectivity index (χ4n) is 2.09. The topological polar surface area (TPSA) is 102 Å². The van der Waals surface area contributed by atoms with Crippen molar-refractivity contribution in [3.63, 3.8) is 0 Å². The number of halogens is 1. The molecule has 0 heterocycles. The zero-order valence-corrected chi connectivity index (χ0v) is 15.9. The molecule has 0 radical (unpaired) electrons. The molecule has 0 saturated heterocycles. The maximum absolute atomic E-state index is 12.1. The van der Waals surface area contributed by atoms with E-state index in [1.54, 1.807) is 12.1 Å². The summed E-state index contributed by atoms with van der Waals surface area (Å²) in [4.78, 5) is 23.3. The number of ether oxygens (including phenoxy) is 1. The van der Waals surface area contributed by atoms with Crippen LogP contribution in [0.25, 0.3) is 0 Å². The average Bonchev–Trinajstić information content (AvgIpc) is 2.65. The third-order valence-electron chi connectivity index (χ3n) is 3.44. The second-order valence-corrected chi connectivity index (χ2v) is 7.64. The van der Waals surface area contributed by atoms with Gasteiger partial charge in [0.2, 0.25) is 15.9 Å². The Bertz CT molecular complexity index is 888. The van der Waals surface area contributed by atoms with Gasteiger partial charge in [-0.25, -0.2) is 13.1 Å². The van der Waals surface area contributed by atoms with E-state index in [-0.39, 0.29) is 36.0 Å². The van der Waals surface area contributed by atoms with Crippen LogP contribution in [0.3, 0.4) is 0 Å². The van der Waals surface area contributed by atoms with Gasteiger partial charge in [-0.05, 0) is 17.7 Å². The van der Waals surface area contributed by atoms with Crippen molar-refractivity contribution in [2.24, 2.45) is 0 Å². The molecule has 0 bridgehead atoms. The highest BCUT2D eigenvalue weighted by atomic mass is 35.5. The predicted molar refractivity (Wildman–Crippen MR) is 101 cm³/mol. The van der Waals surface area contributed by atoms with Gasteiger partial charge >= 0.3 is 5.97 Å². The number of carbonyl (C=O) groups excluding carboxylic acids is 2. The van der Waals surface area contributed by atoms with Crippen molar-refractivity contribution in [2.45, 2.75) is 17.9 Å². The summed E-state index contributed by atoms with van der Waals surface area (Å²) in [5, 5.41) is 2.47. The summed E-state index contributed by atoms with van der Waals surface area (Å²) < 4.78 is 31.6. The molecule has 0 atom stereocenters. The molecule has 9 heteroatoms. The lowest BCUT2D eigenvalue weighted by Crippen LogP contribution is -2.34. The van der Waals surface area contributed by atoms with Crippen LogP contribution < -0.4 is 10.0 Å². The minimum atomic E-state index is -3.81. The number of rotatable bonds is 9. The number of esters is 1. The Labute approximate surface area is 162 Å². The van der Waals surface area contributed by atoms with E-state index in [0.29, 0.717) is 0 Å². The van der Waals surface area contributed by atoms with Crippen LogP contribution >= 0.6 is 11.6 Å². The van der Waals surface area contributed by atoms with Crippen LogP contribution in [-0.2, 0) is 31.0 Å². The van der Waals surface area contributed by atoms with E-state index in [1.807, 2.05) is 30.3 Å². The minimum absolute atomic E-state index is 0.0587. The number of benzene rings is 2. The predicted octanol–water partition coefficient (Wildman–Crippen LogP) is 1.87. The van der Waals surface area contributed by atoms with Crippen molar-refractivity contribution in [2.75, 3.05) is 13.1 Å². The largest absolute Gasteiger partial charge is 0.460 e. The first-order valence-corrected chi connectivity index (χ1v) is 9.95. The van der Waals surface area contributed by atoms with Crippen molar-refractivity contribution < 1.29 is 22.7 Å². The first-order chi connectivity index (χ1) is 12.9. The van der Waals surface area contributed by atoms with Crippen LogP contribution in [0.2, 0.25) is 5.02 Å². The lowest BCUT2D eigenvalue weighted by atomic mass is 10.2. The summed E-state index contributed by atoms with van der Waals surface area (Å²) in [5.74, 6) is -1.06. The molecule has 2 N–H and O–H groups in total. The fourth-order valence-corrected chi connectivity index (χ4v) is 3.64. The van der Waals surface area contributed by atoms with E-state index < -0.39 is 21.9 Å². The second kappa shape index (κ2) is 10.1. The zero-order valence-electron chi connectivity index (χ0n) is 14.4. The molecule has 7 nitrogen and oxygen atoms in total. The molecule has 2 aromatic rings. The highest BCUT2D eigenvalue weighted by Crippen LogP contribution is 2.19. The standard InChI is InChI=1S/C18H19ClN2O5S/c19-15-8-4-5-9-16(15)27(24,25)21-11-10-17(22)20-12-18(23)26-13-14-6-2-1-3-7-14/h1-9,21H,10-13H2,(H,20,22). The van der Waals surface area contributed by atoms with Gasteiger partial charge < -0.3 is 10.1 Å². The Morgan fingerprint density at radius 3 is 2.37 bits per heavy atom. The Morgan fingerprint density at radius 2 is 1.67 bits per heavy atom. The van der Waals surface area contributed by atoms with E-state index in [2.05, 4.69) is 10.0 Å². The number of hydrogen-bond donors (Lipinski definition) is 2. The Morgan fingerprint density at radius 1 is 1.00 bits per heavy atom. The van der Waals surface area contributed by atoms with E-state index >= 15 is 0 Å². The number of amides is 1. The minimum Gasteiger partial charge on any atom is -0.460 e. The highest BCUT2D eigenvalue weighted by molar-refractivity contribution is 7.89. The molecule has 0 aromatic heterocycles. The molecular weight excluding hydrogens is 392 g/mol. The summed E-state index contributed by atoms with van der Waals surface area (Å²) in [5.41, 5.74) is 0.839. The Kier molecular flexibility index (Phi) is 7.78. The van der Waals surface area contributed by atoms with Crippen molar-refractivity contribution in [1.82, 2.24) is 10.0 Å². The van der Waals surface area contributed by atoms with Crippen molar-refractivity contribution in [1.29, 1.82) is 0 Å². The molecule has 2 aromatic carbocycles. The van der Waals surface area contributed by atoms with Gasteiger partial charge in [0.1, 0.15) is 18.0 Å². The molecular formula is C18H19ClN2O5S. The van der Waals surface area contributed by atoms with Gasteiger partial charge in [-0.2, -0.15) is 0 Å². The molecule has 2 rings (SSSR count).